The highest BCUT2D eigenvalue weighted by atomic mass is 19.3. The van der Waals surface area contributed by atoms with E-state index in [0.717, 1.165) is 23.6 Å². The Labute approximate surface area is 174 Å². The largest absolute Gasteiger partial charge is 0.435 e. The zero-order valence-electron chi connectivity index (χ0n) is 17.0. The van der Waals surface area contributed by atoms with Gasteiger partial charge in [-0.15, -0.1) is 0 Å². The fraction of sp³-hybridized carbons (Fsp3) is 0.273. The molecular formula is C22H25F2N5O. The second kappa shape index (κ2) is 10.4. The van der Waals surface area contributed by atoms with Gasteiger partial charge in [-0.3, -0.25) is 4.99 Å². The van der Waals surface area contributed by atoms with Gasteiger partial charge in [-0.2, -0.15) is 8.78 Å². The van der Waals surface area contributed by atoms with Gasteiger partial charge in [-0.1, -0.05) is 36.4 Å². The van der Waals surface area contributed by atoms with Crippen LogP contribution in [0.25, 0.3) is 0 Å². The van der Waals surface area contributed by atoms with Crippen molar-refractivity contribution in [3.8, 4) is 5.75 Å². The number of hydrogen-bond acceptors (Lipinski definition) is 3. The van der Waals surface area contributed by atoms with Crippen LogP contribution >= 0.6 is 0 Å². The summed E-state index contributed by atoms with van der Waals surface area (Å²) in [6.07, 6.45) is 5.51. The predicted octanol–water partition coefficient (Wildman–Crippen LogP) is 3.74. The summed E-state index contributed by atoms with van der Waals surface area (Å²) >= 11 is 0. The predicted molar refractivity (Wildman–Crippen MR) is 113 cm³/mol. The molecule has 2 aromatic carbocycles. The monoisotopic (exact) mass is 413 g/mol. The molecule has 0 fully saturated rings. The van der Waals surface area contributed by atoms with E-state index in [9.17, 15) is 8.78 Å². The molecule has 0 radical (unpaired) electrons. The molecule has 6 nitrogen and oxygen atoms in total. The lowest BCUT2D eigenvalue weighted by Crippen LogP contribution is -2.38. The Morgan fingerprint density at radius 2 is 1.77 bits per heavy atom. The minimum atomic E-state index is -2.82. The maximum absolute atomic E-state index is 12.3. The van der Waals surface area contributed by atoms with E-state index in [0.29, 0.717) is 13.1 Å². The lowest BCUT2D eigenvalue weighted by atomic mass is 10.1. The number of alkyl halides is 2. The quantitative estimate of drug-likeness (QED) is 0.452. The molecule has 158 valence electrons. The van der Waals surface area contributed by atoms with Gasteiger partial charge >= 0.3 is 6.61 Å². The number of halogens is 2. The Kier molecular flexibility index (Phi) is 7.37. The number of ether oxygens (including phenoxy) is 1. The van der Waals surface area contributed by atoms with Crippen molar-refractivity contribution in [1.82, 2.24) is 19.8 Å². The van der Waals surface area contributed by atoms with E-state index in [4.69, 9.17) is 0 Å². The molecule has 0 atom stereocenters. The topological polar surface area (TPSA) is 54.7 Å². The van der Waals surface area contributed by atoms with Crippen molar-refractivity contribution in [2.45, 2.75) is 26.2 Å². The Bertz CT molecular complexity index is 925. The number of guanidine groups is 1. The number of nitrogens with zero attached hydrogens (tertiary/aromatic N) is 4. The van der Waals surface area contributed by atoms with Gasteiger partial charge < -0.3 is 19.5 Å². The molecule has 0 bridgehead atoms. The first-order valence-corrected chi connectivity index (χ1v) is 9.52. The third kappa shape index (κ3) is 6.30. The fourth-order valence-electron chi connectivity index (χ4n) is 3.04. The van der Waals surface area contributed by atoms with Crippen molar-refractivity contribution >= 4 is 5.96 Å². The molecule has 1 heterocycles. The highest BCUT2D eigenvalue weighted by Crippen LogP contribution is 2.16. The molecular weight excluding hydrogens is 388 g/mol. The second-order valence-electron chi connectivity index (χ2n) is 6.83. The highest BCUT2D eigenvalue weighted by molar-refractivity contribution is 5.79. The van der Waals surface area contributed by atoms with Crippen molar-refractivity contribution in [3.05, 3.63) is 83.9 Å². The van der Waals surface area contributed by atoms with Crippen LogP contribution in [0.15, 0.2) is 72.2 Å². The highest BCUT2D eigenvalue weighted by Gasteiger charge is 2.08. The van der Waals surface area contributed by atoms with Crippen LogP contribution in [-0.4, -0.2) is 41.1 Å². The maximum Gasteiger partial charge on any atom is 0.387 e. The average Bonchev–Trinajstić information content (AvgIpc) is 3.24. The summed E-state index contributed by atoms with van der Waals surface area (Å²) in [5.41, 5.74) is 3.32. The first-order chi connectivity index (χ1) is 14.5. The smallest absolute Gasteiger partial charge is 0.387 e. The molecule has 0 saturated heterocycles. The Balaban J connectivity index is 1.51. The van der Waals surface area contributed by atoms with E-state index in [1.807, 2.05) is 22.7 Å². The van der Waals surface area contributed by atoms with Gasteiger partial charge in [-0.05, 0) is 28.8 Å². The molecule has 0 unspecified atom stereocenters. The molecule has 0 saturated carbocycles. The molecule has 0 aliphatic carbocycles. The molecule has 1 N–H and O–H groups in total. The van der Waals surface area contributed by atoms with Crippen LogP contribution in [0.4, 0.5) is 8.78 Å². The summed E-state index contributed by atoms with van der Waals surface area (Å²) in [5.74, 6) is 0.890. The Hall–Kier alpha value is -3.42. The molecule has 3 rings (SSSR count). The van der Waals surface area contributed by atoms with Crippen LogP contribution in [0.2, 0.25) is 0 Å². The summed E-state index contributed by atoms with van der Waals surface area (Å²) in [6, 6.07) is 15.0. The zero-order valence-corrected chi connectivity index (χ0v) is 17.0. The summed E-state index contributed by atoms with van der Waals surface area (Å²) in [5, 5.41) is 3.35. The van der Waals surface area contributed by atoms with E-state index in [1.54, 1.807) is 31.7 Å². The number of benzene rings is 2. The molecule has 0 spiro atoms. The molecule has 3 aromatic rings. The third-order valence-electron chi connectivity index (χ3n) is 4.54. The number of nitrogens with one attached hydrogen (secondary N) is 1. The van der Waals surface area contributed by atoms with E-state index in [-0.39, 0.29) is 5.75 Å². The molecule has 0 aliphatic heterocycles. The van der Waals surface area contributed by atoms with Gasteiger partial charge in [0.2, 0.25) is 0 Å². The van der Waals surface area contributed by atoms with E-state index < -0.39 is 6.61 Å². The van der Waals surface area contributed by atoms with E-state index >= 15 is 0 Å². The number of aromatic nitrogens is 2. The van der Waals surface area contributed by atoms with Crippen molar-refractivity contribution in [3.63, 3.8) is 0 Å². The number of rotatable bonds is 8. The van der Waals surface area contributed by atoms with E-state index in [1.165, 1.54) is 17.7 Å². The fourth-order valence-corrected chi connectivity index (χ4v) is 3.04. The number of imidazole rings is 1. The van der Waals surface area contributed by atoms with Gasteiger partial charge in [0.25, 0.3) is 0 Å². The average molecular weight is 413 g/mol. The third-order valence-corrected chi connectivity index (χ3v) is 4.54. The van der Waals surface area contributed by atoms with Crippen molar-refractivity contribution in [2.24, 2.45) is 4.99 Å². The van der Waals surface area contributed by atoms with Crippen LogP contribution in [0.1, 0.15) is 16.7 Å². The minimum Gasteiger partial charge on any atom is -0.435 e. The standard InChI is InChI=1S/C22H25F2N5O/c1-25-22(28(2)14-18-7-9-20(10-8-18)30-21(23)24)27-13-17-3-5-19(6-4-17)15-29-12-11-26-16-29/h3-12,16,21H,13-15H2,1-2H3,(H,25,27). The zero-order chi connectivity index (χ0) is 21.3. The van der Waals surface area contributed by atoms with Gasteiger partial charge in [0.15, 0.2) is 5.96 Å². The van der Waals surface area contributed by atoms with Gasteiger partial charge in [0.1, 0.15) is 5.75 Å². The molecule has 0 amide bonds. The summed E-state index contributed by atoms with van der Waals surface area (Å²) in [6.45, 7) is -0.803. The lowest BCUT2D eigenvalue weighted by Gasteiger charge is -2.22. The first kappa shape index (κ1) is 21.3. The SMILES string of the molecule is CN=C(NCc1ccc(Cn2ccnc2)cc1)N(C)Cc1ccc(OC(F)F)cc1. The van der Waals surface area contributed by atoms with E-state index in [2.05, 4.69) is 44.3 Å². The molecule has 8 heteroatoms. The van der Waals surface area contributed by atoms with Crippen molar-refractivity contribution < 1.29 is 13.5 Å². The van der Waals surface area contributed by atoms with Crippen LogP contribution in [0.5, 0.6) is 5.75 Å². The summed E-state index contributed by atoms with van der Waals surface area (Å²) in [7, 11) is 3.65. The van der Waals surface area contributed by atoms with Crippen LogP contribution in [0.3, 0.4) is 0 Å². The van der Waals surface area contributed by atoms with Gasteiger partial charge in [0, 0.05) is 46.1 Å². The van der Waals surface area contributed by atoms with Gasteiger partial charge in [-0.25, -0.2) is 4.98 Å². The molecule has 1 aromatic heterocycles. The van der Waals surface area contributed by atoms with Gasteiger partial charge in [0.05, 0.1) is 6.33 Å². The number of aliphatic imine (C=N–C) groups is 1. The Morgan fingerprint density at radius 3 is 2.37 bits per heavy atom. The second-order valence-corrected chi connectivity index (χ2v) is 6.83. The molecule has 0 aliphatic rings. The van der Waals surface area contributed by atoms with Crippen molar-refractivity contribution in [2.75, 3.05) is 14.1 Å². The number of hydrogen-bond donors (Lipinski definition) is 1. The molecule has 30 heavy (non-hydrogen) atoms. The maximum atomic E-state index is 12.3. The first-order valence-electron chi connectivity index (χ1n) is 9.52. The van der Waals surface area contributed by atoms with Crippen LogP contribution in [0, 0.1) is 0 Å². The summed E-state index contributed by atoms with van der Waals surface area (Å²) in [4.78, 5) is 10.3. The minimum absolute atomic E-state index is 0.149. The summed E-state index contributed by atoms with van der Waals surface area (Å²) < 4.78 is 30.9. The lowest BCUT2D eigenvalue weighted by molar-refractivity contribution is -0.0498. The Morgan fingerprint density at radius 1 is 1.10 bits per heavy atom. The van der Waals surface area contributed by atoms with Crippen LogP contribution in [-0.2, 0) is 19.6 Å². The normalized spacial score (nSPS) is 11.6. The van der Waals surface area contributed by atoms with Crippen molar-refractivity contribution in [1.29, 1.82) is 0 Å². The van der Waals surface area contributed by atoms with Crippen LogP contribution < -0.4 is 10.1 Å².